The highest BCUT2D eigenvalue weighted by Crippen LogP contribution is 2.26. The van der Waals surface area contributed by atoms with Crippen molar-refractivity contribution < 1.29 is 5.11 Å². The Hall–Kier alpha value is -1.28. The van der Waals surface area contributed by atoms with E-state index in [4.69, 9.17) is 11.6 Å². The lowest BCUT2D eigenvalue weighted by Gasteiger charge is -2.02. The topological polar surface area (TPSA) is 33.1 Å². The summed E-state index contributed by atoms with van der Waals surface area (Å²) in [5.74, 6) is 0.160. The summed E-state index contributed by atoms with van der Waals surface area (Å²) in [7, 11) is 0. The van der Waals surface area contributed by atoms with E-state index in [0.29, 0.717) is 5.02 Å². The molecule has 1 aromatic heterocycles. The minimum atomic E-state index is 0.160. The number of aromatic hydroxyl groups is 1. The van der Waals surface area contributed by atoms with Crippen LogP contribution < -0.4 is 0 Å². The zero-order chi connectivity index (χ0) is 9.42. The predicted molar refractivity (Wildman–Crippen MR) is 53.2 cm³/mol. The number of hydrogen-bond acceptors (Lipinski definition) is 2. The van der Waals surface area contributed by atoms with Crippen molar-refractivity contribution in [3.63, 3.8) is 0 Å². The largest absolute Gasteiger partial charge is 0.506 e. The second kappa shape index (κ2) is 2.89. The second-order valence-electron chi connectivity index (χ2n) is 2.96. The van der Waals surface area contributed by atoms with E-state index in [1.807, 2.05) is 19.1 Å². The lowest BCUT2D eigenvalue weighted by atomic mass is 10.1. The van der Waals surface area contributed by atoms with E-state index in [0.717, 1.165) is 16.5 Å². The number of aromatic nitrogens is 1. The summed E-state index contributed by atoms with van der Waals surface area (Å²) >= 11 is 6.03. The van der Waals surface area contributed by atoms with Crippen LogP contribution in [0.4, 0.5) is 0 Å². The molecule has 2 rings (SSSR count). The van der Waals surface area contributed by atoms with Gasteiger partial charge in [-0.05, 0) is 18.6 Å². The fraction of sp³-hybridized carbons (Fsp3) is 0.100. The molecule has 0 atom stereocenters. The molecular formula is C10H8ClNO. The van der Waals surface area contributed by atoms with Crippen molar-refractivity contribution >= 4 is 22.5 Å². The van der Waals surface area contributed by atoms with Crippen LogP contribution in [0, 0.1) is 6.92 Å². The second-order valence-corrected chi connectivity index (χ2v) is 3.34. The maximum Gasteiger partial charge on any atom is 0.134 e. The third-order valence-corrected chi connectivity index (χ3v) is 2.45. The highest BCUT2D eigenvalue weighted by Gasteiger charge is 2.03. The monoisotopic (exact) mass is 193 g/mol. The van der Waals surface area contributed by atoms with Crippen molar-refractivity contribution in [2.45, 2.75) is 6.92 Å². The molecule has 13 heavy (non-hydrogen) atoms. The third-order valence-electron chi connectivity index (χ3n) is 1.97. The van der Waals surface area contributed by atoms with Crippen LogP contribution in [-0.2, 0) is 0 Å². The average molecular weight is 194 g/mol. The van der Waals surface area contributed by atoms with Crippen LogP contribution in [-0.4, -0.2) is 10.1 Å². The highest BCUT2D eigenvalue weighted by molar-refractivity contribution is 6.35. The molecule has 0 aliphatic carbocycles. The minimum Gasteiger partial charge on any atom is -0.506 e. The number of aryl methyl sites for hydroxylation is 1. The van der Waals surface area contributed by atoms with Crippen LogP contribution in [0.15, 0.2) is 24.4 Å². The summed E-state index contributed by atoms with van der Waals surface area (Å²) in [4.78, 5) is 4.06. The van der Waals surface area contributed by atoms with Gasteiger partial charge in [-0.15, -0.1) is 0 Å². The Morgan fingerprint density at radius 1 is 1.38 bits per heavy atom. The van der Waals surface area contributed by atoms with Crippen LogP contribution in [0.25, 0.3) is 10.9 Å². The lowest BCUT2D eigenvalue weighted by molar-refractivity contribution is 0.474. The van der Waals surface area contributed by atoms with E-state index in [2.05, 4.69) is 4.98 Å². The van der Waals surface area contributed by atoms with Crippen LogP contribution in [0.3, 0.4) is 0 Å². The van der Waals surface area contributed by atoms with E-state index in [1.54, 1.807) is 6.07 Å². The molecular weight excluding hydrogens is 186 g/mol. The number of rotatable bonds is 0. The van der Waals surface area contributed by atoms with Gasteiger partial charge in [0, 0.05) is 5.39 Å². The summed E-state index contributed by atoms with van der Waals surface area (Å²) in [5.41, 5.74) is 1.73. The number of benzene rings is 1. The van der Waals surface area contributed by atoms with Crippen molar-refractivity contribution in [1.29, 1.82) is 0 Å². The van der Waals surface area contributed by atoms with Gasteiger partial charge in [0.2, 0.25) is 0 Å². The molecule has 0 radical (unpaired) electrons. The maximum absolute atomic E-state index is 9.18. The predicted octanol–water partition coefficient (Wildman–Crippen LogP) is 2.90. The van der Waals surface area contributed by atoms with E-state index >= 15 is 0 Å². The van der Waals surface area contributed by atoms with Crippen LogP contribution in [0.5, 0.6) is 5.75 Å². The SMILES string of the molecule is Cc1ccc2cc(O)cnc2c1Cl. The van der Waals surface area contributed by atoms with E-state index in [1.165, 1.54) is 6.20 Å². The van der Waals surface area contributed by atoms with Crippen LogP contribution in [0.1, 0.15) is 5.56 Å². The first kappa shape index (κ1) is 8.32. The fourth-order valence-electron chi connectivity index (χ4n) is 1.26. The molecule has 0 fully saturated rings. The van der Waals surface area contributed by atoms with Crippen molar-refractivity contribution in [1.82, 2.24) is 4.98 Å². The summed E-state index contributed by atoms with van der Waals surface area (Å²) in [6, 6.07) is 5.45. The third kappa shape index (κ3) is 1.33. The smallest absolute Gasteiger partial charge is 0.134 e. The lowest BCUT2D eigenvalue weighted by Crippen LogP contribution is -1.82. The number of fused-ring (bicyclic) bond motifs is 1. The molecule has 3 heteroatoms. The summed E-state index contributed by atoms with van der Waals surface area (Å²) in [6.45, 7) is 1.93. The van der Waals surface area contributed by atoms with Crippen molar-refractivity contribution in [2.24, 2.45) is 0 Å². The Kier molecular flexibility index (Phi) is 1.85. The molecule has 0 unspecified atom stereocenters. The number of hydrogen-bond donors (Lipinski definition) is 1. The van der Waals surface area contributed by atoms with Gasteiger partial charge in [-0.1, -0.05) is 23.7 Å². The molecule has 66 valence electrons. The van der Waals surface area contributed by atoms with Gasteiger partial charge in [0.05, 0.1) is 16.7 Å². The van der Waals surface area contributed by atoms with Crippen molar-refractivity contribution in [3.8, 4) is 5.75 Å². The quantitative estimate of drug-likeness (QED) is 0.698. The first-order valence-corrected chi connectivity index (χ1v) is 4.30. The molecule has 1 aromatic carbocycles. The summed E-state index contributed by atoms with van der Waals surface area (Å²) in [6.07, 6.45) is 1.40. The Morgan fingerprint density at radius 3 is 2.92 bits per heavy atom. The Morgan fingerprint density at radius 2 is 2.15 bits per heavy atom. The molecule has 0 saturated carbocycles. The number of pyridine rings is 1. The Bertz CT molecular complexity index is 468. The van der Waals surface area contributed by atoms with E-state index in [9.17, 15) is 5.11 Å². The fourth-order valence-corrected chi connectivity index (χ4v) is 1.48. The molecule has 2 aromatic rings. The van der Waals surface area contributed by atoms with Gasteiger partial charge < -0.3 is 5.11 Å². The zero-order valence-corrected chi connectivity index (χ0v) is 7.84. The van der Waals surface area contributed by atoms with Gasteiger partial charge in [-0.3, -0.25) is 4.98 Å². The van der Waals surface area contributed by atoms with Crippen molar-refractivity contribution in [2.75, 3.05) is 0 Å². The molecule has 2 nitrogen and oxygen atoms in total. The van der Waals surface area contributed by atoms with Crippen LogP contribution >= 0.6 is 11.6 Å². The first-order valence-electron chi connectivity index (χ1n) is 3.92. The molecule has 1 heterocycles. The molecule has 0 aliphatic rings. The van der Waals surface area contributed by atoms with Gasteiger partial charge in [-0.2, -0.15) is 0 Å². The molecule has 0 amide bonds. The molecule has 1 N–H and O–H groups in total. The molecule has 0 spiro atoms. The summed E-state index contributed by atoms with van der Waals surface area (Å²) in [5, 5.41) is 10.7. The maximum atomic E-state index is 9.18. The zero-order valence-electron chi connectivity index (χ0n) is 7.08. The first-order chi connectivity index (χ1) is 6.18. The van der Waals surface area contributed by atoms with Gasteiger partial charge in [0.25, 0.3) is 0 Å². The van der Waals surface area contributed by atoms with Gasteiger partial charge >= 0.3 is 0 Å². The highest BCUT2D eigenvalue weighted by atomic mass is 35.5. The van der Waals surface area contributed by atoms with E-state index < -0.39 is 0 Å². The molecule has 0 aliphatic heterocycles. The normalized spacial score (nSPS) is 10.6. The molecule has 0 bridgehead atoms. The Balaban J connectivity index is 2.87. The minimum absolute atomic E-state index is 0.160. The van der Waals surface area contributed by atoms with Gasteiger partial charge in [-0.25, -0.2) is 0 Å². The molecule has 0 saturated heterocycles. The standard InChI is InChI=1S/C10H8ClNO/c1-6-2-3-7-4-8(13)5-12-10(7)9(6)11/h2-5,13H,1H3. The van der Waals surface area contributed by atoms with Gasteiger partial charge in [0.1, 0.15) is 5.75 Å². The number of nitrogens with zero attached hydrogens (tertiary/aromatic N) is 1. The Labute approximate surface area is 80.8 Å². The average Bonchev–Trinajstić information content (AvgIpc) is 2.12. The number of halogens is 1. The van der Waals surface area contributed by atoms with E-state index in [-0.39, 0.29) is 5.75 Å². The van der Waals surface area contributed by atoms with Crippen molar-refractivity contribution in [3.05, 3.63) is 35.0 Å². The van der Waals surface area contributed by atoms with Crippen LogP contribution in [0.2, 0.25) is 5.02 Å². The summed E-state index contributed by atoms with van der Waals surface area (Å²) < 4.78 is 0. The van der Waals surface area contributed by atoms with Gasteiger partial charge in [0.15, 0.2) is 0 Å².